The van der Waals surface area contributed by atoms with Gasteiger partial charge in [-0.05, 0) is 42.7 Å². The standard InChI is InChI=1S/C31H33N3O7/c1-38-21-9-5-8-20(15-21)33-28(35)25-23-12-13-31(41-23)26(25)30(37)34(16-18-10-11-22-24(14-18)40-17-39-22)27(31)29(36)32-19-6-3-2-4-7-19/h5,8-15,19,23,25-27H,2-4,6-7,16-17H2,1H3,(H,32,36)(H,33,35). The van der Waals surface area contributed by atoms with Gasteiger partial charge in [-0.1, -0.05) is 43.5 Å². The van der Waals surface area contributed by atoms with Crippen LogP contribution in [0.15, 0.2) is 54.6 Å². The summed E-state index contributed by atoms with van der Waals surface area (Å²) in [4.78, 5) is 43.6. The molecule has 214 valence electrons. The predicted molar refractivity (Wildman–Crippen MR) is 147 cm³/mol. The maximum Gasteiger partial charge on any atom is 0.246 e. The van der Waals surface area contributed by atoms with E-state index in [1.807, 2.05) is 24.3 Å². The van der Waals surface area contributed by atoms with E-state index >= 15 is 0 Å². The molecule has 2 aromatic rings. The number of ether oxygens (including phenoxy) is 4. The van der Waals surface area contributed by atoms with Crippen LogP contribution in [-0.2, 0) is 25.7 Å². The fraction of sp³-hybridized carbons (Fsp3) is 0.452. The fourth-order valence-corrected chi connectivity index (χ4v) is 7.13. The lowest BCUT2D eigenvalue weighted by atomic mass is 9.74. The maximum absolute atomic E-state index is 14.3. The molecule has 0 aromatic heterocycles. The second kappa shape index (κ2) is 10.1. The molecule has 1 spiro atoms. The Labute approximate surface area is 238 Å². The van der Waals surface area contributed by atoms with Crippen LogP contribution < -0.4 is 24.8 Å². The van der Waals surface area contributed by atoms with E-state index in [9.17, 15) is 14.4 Å². The Morgan fingerprint density at radius 3 is 2.71 bits per heavy atom. The summed E-state index contributed by atoms with van der Waals surface area (Å²) in [7, 11) is 1.56. The van der Waals surface area contributed by atoms with Crippen LogP contribution in [0.1, 0.15) is 37.7 Å². The predicted octanol–water partition coefficient (Wildman–Crippen LogP) is 3.16. The van der Waals surface area contributed by atoms with Crippen molar-refractivity contribution in [2.75, 3.05) is 19.2 Å². The summed E-state index contributed by atoms with van der Waals surface area (Å²) in [6.45, 7) is 0.311. The van der Waals surface area contributed by atoms with Crippen LogP contribution in [0.2, 0.25) is 0 Å². The SMILES string of the molecule is COc1cccc(NC(=O)C2C3C=CC4(O3)C2C(=O)N(Cc2ccc3c(c2)OCO3)C4C(=O)NC2CCCCC2)c1. The summed E-state index contributed by atoms with van der Waals surface area (Å²) < 4.78 is 22.7. The van der Waals surface area contributed by atoms with Gasteiger partial charge < -0.3 is 34.5 Å². The van der Waals surface area contributed by atoms with Crippen molar-refractivity contribution in [1.82, 2.24) is 10.2 Å². The normalized spacial score (nSPS) is 29.5. The van der Waals surface area contributed by atoms with Gasteiger partial charge in [0.2, 0.25) is 24.5 Å². The summed E-state index contributed by atoms with van der Waals surface area (Å²) in [5.41, 5.74) is 0.127. The van der Waals surface area contributed by atoms with Crippen LogP contribution in [-0.4, -0.2) is 60.3 Å². The Balaban J connectivity index is 1.21. The average Bonchev–Trinajstić information content (AvgIpc) is 3.74. The molecule has 41 heavy (non-hydrogen) atoms. The first kappa shape index (κ1) is 25.9. The molecule has 1 saturated carbocycles. The van der Waals surface area contributed by atoms with Crippen LogP contribution in [0.3, 0.4) is 0 Å². The summed E-state index contributed by atoms with van der Waals surface area (Å²) in [6, 6.07) is 11.7. The van der Waals surface area contributed by atoms with E-state index in [1.165, 1.54) is 0 Å². The molecule has 7 rings (SSSR count). The van der Waals surface area contributed by atoms with E-state index in [-0.39, 0.29) is 37.1 Å². The fourth-order valence-electron chi connectivity index (χ4n) is 7.13. The summed E-state index contributed by atoms with van der Waals surface area (Å²) >= 11 is 0. The second-order valence-corrected chi connectivity index (χ2v) is 11.4. The van der Waals surface area contributed by atoms with Crippen LogP contribution in [0.4, 0.5) is 5.69 Å². The highest BCUT2D eigenvalue weighted by atomic mass is 16.7. The van der Waals surface area contributed by atoms with E-state index in [1.54, 1.807) is 42.3 Å². The zero-order valence-electron chi connectivity index (χ0n) is 22.8. The molecule has 5 aliphatic rings. The number of carbonyl (C=O) groups excluding carboxylic acids is 3. The van der Waals surface area contributed by atoms with Crippen molar-refractivity contribution in [1.29, 1.82) is 0 Å². The van der Waals surface area contributed by atoms with E-state index in [0.29, 0.717) is 22.9 Å². The minimum Gasteiger partial charge on any atom is -0.497 e. The van der Waals surface area contributed by atoms with Gasteiger partial charge in [-0.2, -0.15) is 0 Å². The monoisotopic (exact) mass is 559 g/mol. The molecule has 5 atom stereocenters. The summed E-state index contributed by atoms with van der Waals surface area (Å²) in [5.74, 6) is -0.619. The van der Waals surface area contributed by atoms with Crippen molar-refractivity contribution in [3.8, 4) is 17.2 Å². The van der Waals surface area contributed by atoms with E-state index in [4.69, 9.17) is 18.9 Å². The van der Waals surface area contributed by atoms with Gasteiger partial charge in [0.25, 0.3) is 0 Å². The molecule has 2 aromatic carbocycles. The lowest BCUT2D eigenvalue weighted by molar-refractivity contribution is -0.142. The molecule has 3 fully saturated rings. The van der Waals surface area contributed by atoms with E-state index in [2.05, 4.69) is 10.6 Å². The number of methoxy groups -OCH3 is 1. The molecule has 1 aliphatic carbocycles. The first-order chi connectivity index (χ1) is 20.0. The summed E-state index contributed by atoms with van der Waals surface area (Å²) in [5, 5.41) is 6.16. The third kappa shape index (κ3) is 4.32. The molecule has 10 nitrogen and oxygen atoms in total. The minimum absolute atomic E-state index is 0.0592. The molecule has 2 N–H and O–H groups in total. The van der Waals surface area contributed by atoms with Crippen LogP contribution in [0, 0.1) is 11.8 Å². The van der Waals surface area contributed by atoms with Gasteiger partial charge in [0.1, 0.15) is 17.4 Å². The third-order valence-electron chi connectivity index (χ3n) is 9.00. The number of amides is 3. The molecule has 0 radical (unpaired) electrons. The molecule has 3 amide bonds. The van der Waals surface area contributed by atoms with Gasteiger partial charge in [-0.3, -0.25) is 14.4 Å². The van der Waals surface area contributed by atoms with E-state index in [0.717, 1.165) is 37.7 Å². The molecule has 2 bridgehead atoms. The highest BCUT2D eigenvalue weighted by molar-refractivity contribution is 6.02. The Kier molecular flexibility index (Phi) is 6.37. The van der Waals surface area contributed by atoms with Crippen LogP contribution in [0.5, 0.6) is 17.2 Å². The van der Waals surface area contributed by atoms with Gasteiger partial charge in [0, 0.05) is 24.3 Å². The molecule has 4 heterocycles. The second-order valence-electron chi connectivity index (χ2n) is 11.4. The van der Waals surface area contributed by atoms with Crippen molar-refractivity contribution >= 4 is 23.4 Å². The quantitative estimate of drug-likeness (QED) is 0.501. The number of nitrogens with zero attached hydrogens (tertiary/aromatic N) is 1. The van der Waals surface area contributed by atoms with Gasteiger partial charge in [-0.15, -0.1) is 0 Å². The summed E-state index contributed by atoms with van der Waals surface area (Å²) in [6.07, 6.45) is 8.17. The Hall–Kier alpha value is -4.05. The van der Waals surface area contributed by atoms with Gasteiger partial charge >= 0.3 is 0 Å². The van der Waals surface area contributed by atoms with Crippen molar-refractivity contribution < 1.29 is 33.3 Å². The number of fused-ring (bicyclic) bond motifs is 2. The van der Waals surface area contributed by atoms with Crippen LogP contribution >= 0.6 is 0 Å². The topological polar surface area (TPSA) is 115 Å². The number of hydrogen-bond donors (Lipinski definition) is 2. The zero-order valence-corrected chi connectivity index (χ0v) is 22.8. The lowest BCUT2D eigenvalue weighted by Crippen LogP contribution is -2.56. The van der Waals surface area contributed by atoms with Gasteiger partial charge in [0.15, 0.2) is 11.5 Å². The van der Waals surface area contributed by atoms with Crippen molar-refractivity contribution in [3.63, 3.8) is 0 Å². The molecule has 2 saturated heterocycles. The van der Waals surface area contributed by atoms with E-state index < -0.39 is 29.6 Å². The smallest absolute Gasteiger partial charge is 0.246 e. The first-order valence-corrected chi connectivity index (χ1v) is 14.3. The number of carbonyl (C=O) groups is 3. The molecule has 5 unspecified atom stereocenters. The number of anilines is 1. The Morgan fingerprint density at radius 2 is 1.88 bits per heavy atom. The van der Waals surface area contributed by atoms with Crippen LogP contribution in [0.25, 0.3) is 0 Å². The largest absolute Gasteiger partial charge is 0.497 e. The Morgan fingerprint density at radius 1 is 1.05 bits per heavy atom. The highest BCUT2D eigenvalue weighted by Crippen LogP contribution is 2.55. The molecule has 4 aliphatic heterocycles. The number of likely N-dealkylation sites (tertiary alicyclic amines) is 1. The molecule has 10 heteroatoms. The van der Waals surface area contributed by atoms with Crippen molar-refractivity contribution in [2.45, 2.75) is 62.4 Å². The minimum atomic E-state index is -1.23. The van der Waals surface area contributed by atoms with Gasteiger partial charge in [-0.25, -0.2) is 0 Å². The van der Waals surface area contributed by atoms with Gasteiger partial charge in [0.05, 0.1) is 25.0 Å². The highest BCUT2D eigenvalue weighted by Gasteiger charge is 2.72. The van der Waals surface area contributed by atoms with Crippen molar-refractivity contribution in [2.24, 2.45) is 11.8 Å². The first-order valence-electron chi connectivity index (χ1n) is 14.3. The maximum atomic E-state index is 14.3. The lowest BCUT2D eigenvalue weighted by Gasteiger charge is -2.34. The zero-order chi connectivity index (χ0) is 28.1. The number of rotatable bonds is 7. The number of nitrogens with one attached hydrogen (secondary N) is 2. The van der Waals surface area contributed by atoms with Crippen molar-refractivity contribution in [3.05, 3.63) is 60.2 Å². The number of hydrogen-bond acceptors (Lipinski definition) is 7. The Bertz CT molecular complexity index is 1420. The molecular weight excluding hydrogens is 526 g/mol. The third-order valence-corrected chi connectivity index (χ3v) is 9.00. The number of benzene rings is 2. The average molecular weight is 560 g/mol. The molecular formula is C31H33N3O7.